The van der Waals surface area contributed by atoms with E-state index in [1.165, 1.54) is 0 Å². The summed E-state index contributed by atoms with van der Waals surface area (Å²) in [5, 5.41) is 0. The van der Waals surface area contributed by atoms with Crippen LogP contribution in [0.2, 0.25) is 0 Å². The van der Waals surface area contributed by atoms with Crippen LogP contribution in [0.15, 0.2) is 0 Å². The van der Waals surface area contributed by atoms with Crippen LogP contribution in [-0.4, -0.2) is 43.0 Å². The lowest BCUT2D eigenvalue weighted by Gasteiger charge is -2.18. The maximum Gasteiger partial charge on any atom is 0.0847 e. The second-order valence-corrected chi connectivity index (χ2v) is 4.02. The van der Waals surface area contributed by atoms with Crippen molar-refractivity contribution in [2.24, 2.45) is 0 Å². The molecule has 0 fully saturated rings. The van der Waals surface area contributed by atoms with Crippen molar-refractivity contribution >= 4 is 39.1 Å². The van der Waals surface area contributed by atoms with Crippen LogP contribution >= 0.6 is 39.1 Å². The molecule has 2 unspecified atom stereocenters. The third-order valence-corrected chi connectivity index (χ3v) is 3.25. The maximum atomic E-state index is 5.67. The number of hydrogen-bond donors (Lipinski definition) is 0. The first-order valence-corrected chi connectivity index (χ1v) is 5.61. The average Bonchev–Trinajstić information content (AvgIpc) is 2.11. The molecule has 2 atom stereocenters. The molecule has 0 aliphatic carbocycles. The topological polar surface area (TPSA) is 18.5 Å². The van der Waals surface area contributed by atoms with Crippen molar-refractivity contribution in [1.29, 1.82) is 0 Å². The normalized spacial score (nSPS) is 16.0. The van der Waals surface area contributed by atoms with Gasteiger partial charge in [-0.1, -0.05) is 15.9 Å². The molecule has 0 radical (unpaired) electrons. The summed E-state index contributed by atoms with van der Waals surface area (Å²) in [4.78, 5) is 0.105. The molecule has 12 heavy (non-hydrogen) atoms. The Bertz CT molecular complexity index is 105. The fraction of sp³-hybridized carbons (Fsp3) is 1.00. The lowest BCUT2D eigenvalue weighted by atomic mass is 10.3. The highest BCUT2D eigenvalue weighted by Crippen LogP contribution is 2.12. The minimum absolute atomic E-state index is 0.0423. The van der Waals surface area contributed by atoms with Gasteiger partial charge < -0.3 is 9.47 Å². The van der Waals surface area contributed by atoms with Crippen LogP contribution in [0.4, 0.5) is 0 Å². The molecule has 0 saturated carbocycles. The van der Waals surface area contributed by atoms with Crippen molar-refractivity contribution in [1.82, 2.24) is 0 Å². The van der Waals surface area contributed by atoms with Crippen molar-refractivity contribution < 1.29 is 9.47 Å². The molecule has 0 aromatic rings. The lowest BCUT2D eigenvalue weighted by molar-refractivity contribution is 0.0302. The minimum Gasteiger partial charge on any atom is -0.382 e. The van der Waals surface area contributed by atoms with Crippen LogP contribution in [0.5, 0.6) is 0 Å². The number of ether oxygens (including phenoxy) is 2. The SMILES string of the molecule is COCCOC(CCl)C(Br)CCl. The first-order chi connectivity index (χ1) is 5.76. The molecule has 0 amide bonds. The smallest absolute Gasteiger partial charge is 0.0847 e. The number of hydrogen-bond acceptors (Lipinski definition) is 2. The van der Waals surface area contributed by atoms with Crippen molar-refractivity contribution in [2.75, 3.05) is 32.1 Å². The molecule has 0 heterocycles. The number of methoxy groups -OCH3 is 1. The highest BCUT2D eigenvalue weighted by Gasteiger charge is 2.17. The van der Waals surface area contributed by atoms with Gasteiger partial charge in [0.05, 0.1) is 24.1 Å². The van der Waals surface area contributed by atoms with Crippen LogP contribution in [0.1, 0.15) is 0 Å². The van der Waals surface area contributed by atoms with Crippen LogP contribution in [0.3, 0.4) is 0 Å². The summed E-state index contributed by atoms with van der Waals surface area (Å²) in [7, 11) is 1.63. The van der Waals surface area contributed by atoms with E-state index in [9.17, 15) is 0 Å². The van der Waals surface area contributed by atoms with Gasteiger partial charge in [-0.25, -0.2) is 0 Å². The Morgan fingerprint density at radius 1 is 1.25 bits per heavy atom. The van der Waals surface area contributed by atoms with Crippen molar-refractivity contribution in [3.8, 4) is 0 Å². The summed E-state index contributed by atoms with van der Waals surface area (Å²) >= 11 is 14.7. The highest BCUT2D eigenvalue weighted by atomic mass is 79.9. The van der Waals surface area contributed by atoms with E-state index >= 15 is 0 Å². The van der Waals surface area contributed by atoms with E-state index < -0.39 is 0 Å². The second kappa shape index (κ2) is 8.57. The van der Waals surface area contributed by atoms with Crippen LogP contribution in [0.25, 0.3) is 0 Å². The minimum atomic E-state index is -0.0423. The zero-order valence-corrected chi connectivity index (χ0v) is 10.0. The molecule has 0 rings (SSSR count). The van der Waals surface area contributed by atoms with Crippen molar-refractivity contribution in [3.05, 3.63) is 0 Å². The molecule has 74 valence electrons. The van der Waals surface area contributed by atoms with Crippen molar-refractivity contribution in [2.45, 2.75) is 10.9 Å². The molecule has 0 N–H and O–H groups in total. The van der Waals surface area contributed by atoms with Crippen LogP contribution < -0.4 is 0 Å². The fourth-order valence-electron chi connectivity index (χ4n) is 0.628. The van der Waals surface area contributed by atoms with Crippen LogP contribution in [0, 0.1) is 0 Å². The fourth-order valence-corrected chi connectivity index (χ4v) is 1.69. The summed E-state index contributed by atoms with van der Waals surface area (Å²) in [6.07, 6.45) is -0.0423. The second-order valence-electron chi connectivity index (χ2n) is 2.23. The van der Waals surface area contributed by atoms with E-state index in [2.05, 4.69) is 15.9 Å². The van der Waals surface area contributed by atoms with Gasteiger partial charge in [0.25, 0.3) is 0 Å². The van der Waals surface area contributed by atoms with Gasteiger partial charge in [0.15, 0.2) is 0 Å². The molecular formula is C7H13BrCl2O2. The summed E-state index contributed by atoms with van der Waals surface area (Å²) < 4.78 is 10.2. The third kappa shape index (κ3) is 5.60. The van der Waals surface area contributed by atoms with Gasteiger partial charge in [-0.3, -0.25) is 0 Å². The Hall–Kier alpha value is 0.980. The van der Waals surface area contributed by atoms with Crippen LogP contribution in [-0.2, 0) is 9.47 Å². The van der Waals surface area contributed by atoms with E-state index in [-0.39, 0.29) is 10.9 Å². The van der Waals surface area contributed by atoms with Gasteiger partial charge in [-0.05, 0) is 0 Å². The van der Waals surface area contributed by atoms with Gasteiger partial charge in [0.1, 0.15) is 0 Å². The molecule has 0 saturated heterocycles. The van der Waals surface area contributed by atoms with Gasteiger partial charge in [0, 0.05) is 18.9 Å². The molecule has 0 bridgehead atoms. The zero-order chi connectivity index (χ0) is 9.40. The van der Waals surface area contributed by atoms with E-state index in [1.807, 2.05) is 0 Å². The first kappa shape index (κ1) is 13.0. The predicted molar refractivity (Wildman–Crippen MR) is 55.8 cm³/mol. The Morgan fingerprint density at radius 2 is 1.92 bits per heavy atom. The van der Waals surface area contributed by atoms with Gasteiger partial charge >= 0.3 is 0 Å². The molecule has 0 aromatic heterocycles. The molecule has 5 heteroatoms. The largest absolute Gasteiger partial charge is 0.382 e. The molecule has 0 spiro atoms. The maximum absolute atomic E-state index is 5.67. The Morgan fingerprint density at radius 3 is 2.33 bits per heavy atom. The van der Waals surface area contributed by atoms with Gasteiger partial charge in [-0.15, -0.1) is 23.2 Å². The summed E-state index contributed by atoms with van der Waals surface area (Å²) in [6, 6.07) is 0. The third-order valence-electron chi connectivity index (χ3n) is 1.32. The van der Waals surface area contributed by atoms with Gasteiger partial charge in [-0.2, -0.15) is 0 Å². The van der Waals surface area contributed by atoms with E-state index in [1.54, 1.807) is 7.11 Å². The molecular weight excluding hydrogens is 267 g/mol. The van der Waals surface area contributed by atoms with Crippen molar-refractivity contribution in [3.63, 3.8) is 0 Å². The summed E-state index contributed by atoms with van der Waals surface area (Å²) in [5.41, 5.74) is 0. The molecule has 0 aliphatic heterocycles. The van der Waals surface area contributed by atoms with E-state index in [4.69, 9.17) is 32.7 Å². The Labute approximate surface area is 91.6 Å². The Kier molecular flexibility index (Phi) is 9.27. The lowest BCUT2D eigenvalue weighted by Crippen LogP contribution is -2.28. The predicted octanol–water partition coefficient (Wildman–Crippen LogP) is 2.26. The number of rotatable bonds is 7. The average molecular weight is 280 g/mol. The summed E-state index contributed by atoms with van der Waals surface area (Å²) in [5.74, 6) is 0.927. The summed E-state index contributed by atoms with van der Waals surface area (Å²) in [6.45, 7) is 1.13. The molecule has 0 aromatic carbocycles. The van der Waals surface area contributed by atoms with E-state index in [0.29, 0.717) is 25.0 Å². The zero-order valence-electron chi connectivity index (χ0n) is 6.93. The quantitative estimate of drug-likeness (QED) is 0.526. The van der Waals surface area contributed by atoms with E-state index in [0.717, 1.165) is 0 Å². The standard InChI is InChI=1S/C7H13BrCl2O2/c1-11-2-3-12-7(5-10)6(8)4-9/h6-7H,2-5H2,1H3. The Balaban J connectivity index is 3.52. The molecule has 0 aliphatic rings. The molecule has 2 nitrogen and oxygen atoms in total. The monoisotopic (exact) mass is 278 g/mol. The first-order valence-electron chi connectivity index (χ1n) is 3.62. The number of alkyl halides is 3. The number of halogens is 3. The van der Waals surface area contributed by atoms with Gasteiger partial charge in [0.2, 0.25) is 0 Å². The highest BCUT2D eigenvalue weighted by molar-refractivity contribution is 9.09.